The average molecular weight is 261 g/mol. The fraction of sp³-hybridized carbons (Fsp3) is 1.00. The number of nitrogens with two attached hydrogens (primary N) is 1. The topological polar surface area (TPSA) is 69.4 Å². The second kappa shape index (κ2) is 5.67. The molecule has 0 aromatic heterocycles. The van der Waals surface area contributed by atoms with Crippen LogP contribution in [0.4, 0.5) is 0 Å². The maximum absolute atomic E-state index is 11.9. The molecule has 1 saturated heterocycles. The molecule has 0 bridgehead atoms. The second-order valence-corrected chi connectivity index (χ2v) is 7.62. The summed E-state index contributed by atoms with van der Waals surface area (Å²) in [5, 5.41) is 0. The van der Waals surface area contributed by atoms with Crippen LogP contribution in [-0.4, -0.2) is 38.7 Å². The van der Waals surface area contributed by atoms with Crippen molar-refractivity contribution >= 4 is 9.84 Å². The molecule has 3 atom stereocenters. The molecule has 2 rings (SSSR count). The third-order valence-corrected chi connectivity index (χ3v) is 5.72. The molecule has 3 unspecified atom stereocenters. The van der Waals surface area contributed by atoms with Crippen LogP contribution >= 0.6 is 0 Å². The van der Waals surface area contributed by atoms with E-state index in [9.17, 15) is 8.42 Å². The number of ether oxygens (including phenoxy) is 1. The van der Waals surface area contributed by atoms with Crippen LogP contribution in [0.1, 0.15) is 38.5 Å². The summed E-state index contributed by atoms with van der Waals surface area (Å²) in [6.45, 7) is 0.716. The largest absolute Gasteiger partial charge is 0.377 e. The molecular weight excluding hydrogens is 238 g/mol. The quantitative estimate of drug-likeness (QED) is 0.804. The molecule has 1 aliphatic carbocycles. The Kier molecular flexibility index (Phi) is 4.44. The van der Waals surface area contributed by atoms with Crippen molar-refractivity contribution in [2.45, 2.75) is 50.7 Å². The molecule has 100 valence electrons. The molecule has 2 N–H and O–H groups in total. The summed E-state index contributed by atoms with van der Waals surface area (Å²) in [5.74, 6) is 0.898. The van der Waals surface area contributed by atoms with Crippen LogP contribution in [0.2, 0.25) is 0 Å². The monoisotopic (exact) mass is 261 g/mol. The molecule has 1 heterocycles. The Hall–Kier alpha value is -0.130. The summed E-state index contributed by atoms with van der Waals surface area (Å²) in [5.41, 5.74) is 5.95. The molecule has 0 amide bonds. The number of hydrogen-bond donors (Lipinski definition) is 1. The van der Waals surface area contributed by atoms with Crippen LogP contribution in [0, 0.1) is 5.92 Å². The second-order valence-electron chi connectivity index (χ2n) is 5.39. The first-order chi connectivity index (χ1) is 8.07. The highest BCUT2D eigenvalue weighted by Crippen LogP contribution is 2.27. The summed E-state index contributed by atoms with van der Waals surface area (Å²) < 4.78 is 29.2. The van der Waals surface area contributed by atoms with Crippen molar-refractivity contribution in [1.29, 1.82) is 0 Å². The molecule has 1 aliphatic heterocycles. The van der Waals surface area contributed by atoms with Crippen molar-refractivity contribution in [1.82, 2.24) is 0 Å². The first-order valence-electron chi connectivity index (χ1n) is 6.64. The summed E-state index contributed by atoms with van der Waals surface area (Å²) in [6.07, 6.45) is 5.86. The Labute approximate surface area is 104 Å². The summed E-state index contributed by atoms with van der Waals surface area (Å²) >= 11 is 0. The van der Waals surface area contributed by atoms with Crippen molar-refractivity contribution in [3.8, 4) is 0 Å². The van der Waals surface area contributed by atoms with Crippen LogP contribution < -0.4 is 5.73 Å². The summed E-state index contributed by atoms with van der Waals surface area (Å²) in [4.78, 5) is 0. The molecule has 4 nitrogen and oxygen atoms in total. The van der Waals surface area contributed by atoms with Gasteiger partial charge >= 0.3 is 0 Å². The third-order valence-electron chi connectivity index (χ3n) is 3.98. The third kappa shape index (κ3) is 3.93. The van der Waals surface area contributed by atoms with Gasteiger partial charge in [0.1, 0.15) is 0 Å². The van der Waals surface area contributed by atoms with E-state index in [1.54, 1.807) is 0 Å². The maximum atomic E-state index is 11.9. The lowest BCUT2D eigenvalue weighted by molar-refractivity contribution is 0.127. The molecule has 17 heavy (non-hydrogen) atoms. The lowest BCUT2D eigenvalue weighted by atomic mass is 10.0. The number of rotatable bonds is 5. The van der Waals surface area contributed by atoms with Crippen molar-refractivity contribution < 1.29 is 13.2 Å². The van der Waals surface area contributed by atoms with E-state index in [2.05, 4.69) is 0 Å². The van der Waals surface area contributed by atoms with Crippen LogP contribution in [0.3, 0.4) is 0 Å². The van der Waals surface area contributed by atoms with E-state index in [0.29, 0.717) is 12.5 Å². The minimum Gasteiger partial charge on any atom is -0.377 e. The van der Waals surface area contributed by atoms with Crippen molar-refractivity contribution in [2.24, 2.45) is 11.7 Å². The first kappa shape index (κ1) is 13.3. The van der Waals surface area contributed by atoms with E-state index in [1.807, 2.05) is 0 Å². The van der Waals surface area contributed by atoms with Gasteiger partial charge in [0.05, 0.1) is 17.6 Å². The zero-order valence-electron chi connectivity index (χ0n) is 10.3. The standard InChI is InChI=1S/C12H23NO3S/c13-12-5-1-3-10(12)6-8-17(14,15)9-11-4-2-7-16-11/h10-12H,1-9,13H2. The highest BCUT2D eigenvalue weighted by atomic mass is 32.2. The van der Waals surface area contributed by atoms with Crippen LogP contribution in [-0.2, 0) is 14.6 Å². The fourth-order valence-corrected chi connectivity index (χ4v) is 4.56. The highest BCUT2D eigenvalue weighted by Gasteiger charge is 2.27. The van der Waals surface area contributed by atoms with E-state index >= 15 is 0 Å². The fourth-order valence-electron chi connectivity index (χ4n) is 2.90. The molecular formula is C12H23NO3S. The minimum atomic E-state index is -2.96. The molecule has 0 aromatic rings. The Balaban J connectivity index is 1.76. The molecule has 0 aromatic carbocycles. The summed E-state index contributed by atoms with van der Waals surface area (Å²) in [6, 6.07) is 0.216. The van der Waals surface area contributed by atoms with E-state index in [4.69, 9.17) is 10.5 Å². The van der Waals surface area contributed by atoms with Gasteiger partial charge in [0.2, 0.25) is 0 Å². The molecule has 5 heteroatoms. The number of sulfone groups is 1. The van der Waals surface area contributed by atoms with Gasteiger partial charge in [0.25, 0.3) is 0 Å². The SMILES string of the molecule is NC1CCCC1CCS(=O)(=O)CC1CCCO1. The maximum Gasteiger partial charge on any atom is 0.152 e. The predicted molar refractivity (Wildman–Crippen MR) is 67.6 cm³/mol. The van der Waals surface area contributed by atoms with Gasteiger partial charge in [-0.25, -0.2) is 8.42 Å². The molecule has 0 radical (unpaired) electrons. The van der Waals surface area contributed by atoms with Crippen LogP contribution in [0.15, 0.2) is 0 Å². The zero-order chi connectivity index (χ0) is 12.3. The van der Waals surface area contributed by atoms with Gasteiger partial charge in [-0.15, -0.1) is 0 Å². The molecule has 1 saturated carbocycles. The van der Waals surface area contributed by atoms with Crippen LogP contribution in [0.5, 0.6) is 0 Å². The smallest absolute Gasteiger partial charge is 0.152 e. The predicted octanol–water partition coefficient (Wildman–Crippen LogP) is 1.10. The molecule has 0 spiro atoms. The minimum absolute atomic E-state index is 0.0581. The lowest BCUT2D eigenvalue weighted by Crippen LogP contribution is -2.28. The Morgan fingerprint density at radius 2 is 2.00 bits per heavy atom. The Morgan fingerprint density at radius 3 is 2.59 bits per heavy atom. The van der Waals surface area contributed by atoms with Gasteiger partial charge in [-0.3, -0.25) is 0 Å². The van der Waals surface area contributed by atoms with E-state index in [-0.39, 0.29) is 23.7 Å². The highest BCUT2D eigenvalue weighted by molar-refractivity contribution is 7.91. The Bertz CT molecular complexity index is 336. The normalized spacial score (nSPS) is 34.3. The van der Waals surface area contributed by atoms with Gasteiger partial charge in [-0.05, 0) is 38.0 Å². The van der Waals surface area contributed by atoms with Gasteiger partial charge in [-0.2, -0.15) is 0 Å². The van der Waals surface area contributed by atoms with Crippen molar-refractivity contribution in [3.63, 3.8) is 0 Å². The van der Waals surface area contributed by atoms with Gasteiger partial charge < -0.3 is 10.5 Å². The first-order valence-corrected chi connectivity index (χ1v) is 8.46. The van der Waals surface area contributed by atoms with Crippen molar-refractivity contribution in [2.75, 3.05) is 18.1 Å². The van der Waals surface area contributed by atoms with Gasteiger partial charge in [-0.1, -0.05) is 6.42 Å². The lowest BCUT2D eigenvalue weighted by Gasteiger charge is -2.16. The molecule has 2 aliphatic rings. The number of hydrogen-bond acceptors (Lipinski definition) is 4. The molecule has 2 fully saturated rings. The van der Waals surface area contributed by atoms with E-state index in [1.165, 1.54) is 0 Å². The van der Waals surface area contributed by atoms with Crippen molar-refractivity contribution in [3.05, 3.63) is 0 Å². The van der Waals surface area contributed by atoms with E-state index < -0.39 is 9.84 Å². The van der Waals surface area contributed by atoms with Gasteiger partial charge in [0.15, 0.2) is 9.84 Å². The summed E-state index contributed by atoms with van der Waals surface area (Å²) in [7, 11) is -2.96. The Morgan fingerprint density at radius 1 is 1.18 bits per heavy atom. The van der Waals surface area contributed by atoms with E-state index in [0.717, 1.165) is 38.5 Å². The van der Waals surface area contributed by atoms with Crippen LogP contribution in [0.25, 0.3) is 0 Å². The van der Waals surface area contributed by atoms with Gasteiger partial charge in [0, 0.05) is 12.6 Å². The zero-order valence-corrected chi connectivity index (χ0v) is 11.1. The average Bonchev–Trinajstić information content (AvgIpc) is 2.87.